The van der Waals surface area contributed by atoms with Gasteiger partial charge in [-0.25, -0.2) is 4.79 Å². The quantitative estimate of drug-likeness (QED) is 0.589. The van der Waals surface area contributed by atoms with Gasteiger partial charge in [0.1, 0.15) is 0 Å². The Morgan fingerprint density at radius 3 is 3.00 bits per heavy atom. The van der Waals surface area contributed by atoms with Crippen LogP contribution in [-0.4, -0.2) is 42.9 Å². The van der Waals surface area contributed by atoms with Crippen LogP contribution in [-0.2, 0) is 4.74 Å². The van der Waals surface area contributed by atoms with E-state index in [2.05, 4.69) is 4.74 Å². The Morgan fingerprint density at radius 2 is 2.55 bits per heavy atom. The van der Waals surface area contributed by atoms with Crippen molar-refractivity contribution in [2.24, 2.45) is 5.92 Å². The van der Waals surface area contributed by atoms with Crippen LogP contribution in [0.4, 0.5) is 4.79 Å². The van der Waals surface area contributed by atoms with Crippen LogP contribution in [0.25, 0.3) is 0 Å². The third kappa shape index (κ3) is 1.83. The van der Waals surface area contributed by atoms with Crippen LogP contribution in [0.15, 0.2) is 0 Å². The van der Waals surface area contributed by atoms with Crippen molar-refractivity contribution >= 4 is 6.09 Å². The molecule has 1 fully saturated rings. The molecule has 1 aliphatic heterocycles. The Kier molecular flexibility index (Phi) is 2.70. The number of ether oxygens (including phenoxy) is 1. The second kappa shape index (κ2) is 3.57. The molecule has 11 heavy (non-hydrogen) atoms. The van der Waals surface area contributed by atoms with E-state index in [1.165, 1.54) is 7.11 Å². The third-order valence-electron chi connectivity index (χ3n) is 1.98. The molecule has 1 saturated heterocycles. The van der Waals surface area contributed by atoms with Gasteiger partial charge in [0, 0.05) is 25.6 Å². The number of rotatable bonds is 1. The lowest BCUT2D eigenvalue weighted by Gasteiger charge is -2.13. The van der Waals surface area contributed by atoms with E-state index in [-0.39, 0.29) is 18.6 Å². The molecule has 0 spiro atoms. The van der Waals surface area contributed by atoms with Gasteiger partial charge in [-0.1, -0.05) is 0 Å². The lowest BCUT2D eigenvalue weighted by Crippen LogP contribution is -2.28. The predicted molar refractivity (Wildman–Crippen MR) is 39.2 cm³/mol. The molecule has 1 N–H and O–H groups in total. The predicted octanol–water partition coefficient (Wildman–Crippen LogP) is 0.0670. The van der Waals surface area contributed by atoms with Gasteiger partial charge in [0.25, 0.3) is 0 Å². The largest absolute Gasteiger partial charge is 0.453 e. The maximum Gasteiger partial charge on any atom is 0.409 e. The first kappa shape index (κ1) is 8.33. The van der Waals surface area contributed by atoms with Crippen molar-refractivity contribution in [2.75, 3.05) is 26.8 Å². The summed E-state index contributed by atoms with van der Waals surface area (Å²) in [5.41, 5.74) is 0. The zero-order valence-electron chi connectivity index (χ0n) is 6.62. The second-order valence-electron chi connectivity index (χ2n) is 2.75. The molecule has 0 radical (unpaired) electrons. The summed E-state index contributed by atoms with van der Waals surface area (Å²) in [6.45, 7) is 1.49. The highest BCUT2D eigenvalue weighted by molar-refractivity contribution is 5.67. The number of carbonyl (C=O) groups excluding carboxylic acids is 1. The highest BCUT2D eigenvalue weighted by Gasteiger charge is 2.25. The monoisotopic (exact) mass is 159 g/mol. The summed E-state index contributed by atoms with van der Waals surface area (Å²) < 4.78 is 4.53. The van der Waals surface area contributed by atoms with Gasteiger partial charge in [-0.3, -0.25) is 0 Å². The van der Waals surface area contributed by atoms with Gasteiger partial charge in [0.2, 0.25) is 0 Å². The number of nitrogens with zero attached hydrogens (tertiary/aromatic N) is 1. The fourth-order valence-electron chi connectivity index (χ4n) is 1.28. The van der Waals surface area contributed by atoms with E-state index in [0.717, 1.165) is 6.42 Å². The summed E-state index contributed by atoms with van der Waals surface area (Å²) in [6.07, 6.45) is 0.590. The minimum absolute atomic E-state index is 0.160. The molecule has 1 aliphatic rings. The summed E-state index contributed by atoms with van der Waals surface area (Å²) >= 11 is 0. The van der Waals surface area contributed by atoms with Crippen molar-refractivity contribution in [3.8, 4) is 0 Å². The van der Waals surface area contributed by atoms with Gasteiger partial charge in [0.15, 0.2) is 0 Å². The molecular formula is C7H13NO3. The van der Waals surface area contributed by atoms with Crippen molar-refractivity contribution in [2.45, 2.75) is 6.42 Å². The highest BCUT2D eigenvalue weighted by Crippen LogP contribution is 2.15. The molecule has 0 bridgehead atoms. The topological polar surface area (TPSA) is 49.8 Å². The van der Waals surface area contributed by atoms with Crippen LogP contribution < -0.4 is 0 Å². The molecule has 1 amide bonds. The van der Waals surface area contributed by atoms with E-state index in [1.807, 2.05) is 0 Å². The number of methoxy groups -OCH3 is 1. The molecule has 1 heterocycles. The Bertz CT molecular complexity index is 149. The molecule has 0 saturated carbocycles. The molecule has 0 aromatic heterocycles. The Morgan fingerprint density at radius 1 is 1.82 bits per heavy atom. The number of carbonyl (C=O) groups is 1. The van der Waals surface area contributed by atoms with Gasteiger partial charge >= 0.3 is 6.09 Å². The van der Waals surface area contributed by atoms with Gasteiger partial charge in [-0.15, -0.1) is 0 Å². The van der Waals surface area contributed by atoms with E-state index < -0.39 is 0 Å². The molecule has 64 valence electrons. The van der Waals surface area contributed by atoms with E-state index >= 15 is 0 Å². The third-order valence-corrected chi connectivity index (χ3v) is 1.98. The normalized spacial score (nSPS) is 23.8. The lowest BCUT2D eigenvalue weighted by atomic mass is 10.1. The molecule has 0 unspecified atom stereocenters. The highest BCUT2D eigenvalue weighted by atomic mass is 16.5. The summed E-state index contributed by atoms with van der Waals surface area (Å²) in [6, 6.07) is 0. The summed E-state index contributed by atoms with van der Waals surface area (Å²) in [5.74, 6) is 0.245. The van der Waals surface area contributed by atoms with Crippen molar-refractivity contribution < 1.29 is 14.6 Å². The van der Waals surface area contributed by atoms with Crippen LogP contribution in [0.3, 0.4) is 0 Å². The van der Waals surface area contributed by atoms with E-state index in [1.54, 1.807) is 4.90 Å². The van der Waals surface area contributed by atoms with Gasteiger partial charge in [-0.05, 0) is 6.42 Å². The van der Waals surface area contributed by atoms with E-state index in [0.29, 0.717) is 13.1 Å². The number of hydrogen-bond acceptors (Lipinski definition) is 3. The smallest absolute Gasteiger partial charge is 0.409 e. The minimum atomic E-state index is -0.291. The summed E-state index contributed by atoms with van der Waals surface area (Å²) in [4.78, 5) is 12.5. The van der Waals surface area contributed by atoms with Gasteiger partial charge < -0.3 is 14.7 Å². The minimum Gasteiger partial charge on any atom is -0.453 e. The van der Waals surface area contributed by atoms with Crippen LogP contribution in [0.1, 0.15) is 6.42 Å². The number of aliphatic hydroxyl groups is 1. The standard InChI is InChI=1S/C7H13NO3/c1-11-7(10)8-3-2-6(4-8)5-9/h6,9H,2-5H2,1H3/t6-/m1/s1. The summed E-state index contributed by atoms with van der Waals surface area (Å²) in [7, 11) is 1.37. The van der Waals surface area contributed by atoms with Crippen molar-refractivity contribution in [1.29, 1.82) is 0 Å². The SMILES string of the molecule is COC(=O)N1CC[C@@H](CO)C1. The molecule has 0 aliphatic carbocycles. The van der Waals surface area contributed by atoms with Crippen LogP contribution in [0.5, 0.6) is 0 Å². The average molecular weight is 159 g/mol. The molecule has 1 rings (SSSR count). The molecule has 0 aromatic rings. The first-order chi connectivity index (χ1) is 5.27. The lowest BCUT2D eigenvalue weighted by molar-refractivity contribution is 0.129. The van der Waals surface area contributed by atoms with Gasteiger partial charge in [0.05, 0.1) is 7.11 Å². The average Bonchev–Trinajstić information content (AvgIpc) is 2.50. The molecular weight excluding hydrogens is 146 g/mol. The molecule has 1 atom stereocenters. The summed E-state index contributed by atoms with van der Waals surface area (Å²) in [5, 5.41) is 8.76. The number of amides is 1. The molecule has 4 nitrogen and oxygen atoms in total. The Balaban J connectivity index is 2.35. The van der Waals surface area contributed by atoms with Gasteiger partial charge in [-0.2, -0.15) is 0 Å². The maximum atomic E-state index is 10.9. The Hall–Kier alpha value is -0.770. The van der Waals surface area contributed by atoms with E-state index in [9.17, 15) is 4.79 Å². The zero-order valence-corrected chi connectivity index (χ0v) is 6.62. The number of likely N-dealkylation sites (tertiary alicyclic amines) is 1. The van der Waals surface area contributed by atoms with Crippen molar-refractivity contribution in [1.82, 2.24) is 4.90 Å². The first-order valence-electron chi connectivity index (χ1n) is 3.71. The van der Waals surface area contributed by atoms with Crippen molar-refractivity contribution in [3.05, 3.63) is 0 Å². The first-order valence-corrected chi connectivity index (χ1v) is 3.71. The number of aliphatic hydroxyl groups excluding tert-OH is 1. The van der Waals surface area contributed by atoms with E-state index in [4.69, 9.17) is 5.11 Å². The van der Waals surface area contributed by atoms with Crippen molar-refractivity contribution in [3.63, 3.8) is 0 Å². The molecule has 4 heteroatoms. The Labute approximate surface area is 65.8 Å². The van der Waals surface area contributed by atoms with Crippen LogP contribution in [0.2, 0.25) is 0 Å². The maximum absolute atomic E-state index is 10.9. The van der Waals surface area contributed by atoms with Crippen LogP contribution >= 0.6 is 0 Å². The van der Waals surface area contributed by atoms with Crippen LogP contribution in [0, 0.1) is 5.92 Å². The molecule has 0 aromatic carbocycles. The number of hydrogen-bond donors (Lipinski definition) is 1. The fourth-order valence-corrected chi connectivity index (χ4v) is 1.28. The second-order valence-corrected chi connectivity index (χ2v) is 2.75. The fraction of sp³-hybridized carbons (Fsp3) is 0.857. The zero-order chi connectivity index (χ0) is 8.27.